The Morgan fingerprint density at radius 3 is 2.25 bits per heavy atom. The van der Waals surface area contributed by atoms with Crippen molar-refractivity contribution in [2.75, 3.05) is 0 Å². The molecule has 1 amide bonds. The minimum atomic E-state index is -0.303. The average Bonchev–Trinajstić information content (AvgIpc) is 2.05. The molecular formula is C6H9Cl2N3O. The molecule has 0 aliphatic heterocycles. The molecule has 0 aliphatic rings. The summed E-state index contributed by atoms with van der Waals surface area (Å²) in [7, 11) is 0. The van der Waals surface area contributed by atoms with Crippen molar-refractivity contribution in [3.8, 4) is 0 Å². The third kappa shape index (κ3) is 3.52. The van der Waals surface area contributed by atoms with Gasteiger partial charge < -0.3 is 0 Å². The molecule has 0 saturated heterocycles. The predicted molar refractivity (Wildman–Crippen MR) is 50.4 cm³/mol. The van der Waals surface area contributed by atoms with Crippen LogP contribution >= 0.6 is 24.8 Å². The molecule has 1 aromatic heterocycles. The first kappa shape index (κ1) is 13.7. The van der Waals surface area contributed by atoms with E-state index >= 15 is 0 Å². The number of hydrogen-bond acceptors (Lipinski definition) is 3. The van der Waals surface area contributed by atoms with Gasteiger partial charge in [-0.3, -0.25) is 15.2 Å². The maximum absolute atomic E-state index is 10.7. The van der Waals surface area contributed by atoms with E-state index in [1.54, 1.807) is 12.1 Å². The van der Waals surface area contributed by atoms with E-state index in [4.69, 9.17) is 5.84 Å². The Kier molecular flexibility index (Phi) is 7.83. The zero-order valence-electron chi connectivity index (χ0n) is 6.06. The van der Waals surface area contributed by atoms with Gasteiger partial charge in [0.1, 0.15) is 0 Å². The van der Waals surface area contributed by atoms with Crippen molar-refractivity contribution >= 4 is 30.7 Å². The number of amides is 1. The van der Waals surface area contributed by atoms with E-state index in [0.29, 0.717) is 5.56 Å². The van der Waals surface area contributed by atoms with Crippen molar-refractivity contribution in [3.63, 3.8) is 0 Å². The molecule has 0 atom stereocenters. The summed E-state index contributed by atoms with van der Waals surface area (Å²) in [5.41, 5.74) is 2.53. The second kappa shape index (κ2) is 6.84. The van der Waals surface area contributed by atoms with Crippen molar-refractivity contribution in [2.45, 2.75) is 0 Å². The summed E-state index contributed by atoms with van der Waals surface area (Å²) in [6.07, 6.45) is 3.06. The molecule has 1 rings (SSSR count). The zero-order valence-corrected chi connectivity index (χ0v) is 7.69. The Balaban J connectivity index is 0. The molecule has 0 fully saturated rings. The number of halogens is 2. The van der Waals surface area contributed by atoms with Crippen LogP contribution in [0.5, 0.6) is 0 Å². The molecule has 68 valence electrons. The molecule has 0 radical (unpaired) electrons. The van der Waals surface area contributed by atoms with Gasteiger partial charge in [0.15, 0.2) is 0 Å². The van der Waals surface area contributed by atoms with Gasteiger partial charge in [-0.25, -0.2) is 5.84 Å². The standard InChI is InChI=1S/C6H7N3O.2ClH/c7-9-6(10)5-1-3-8-4-2-5;;/h1-4H,7H2,(H,9,10);2*1H. The molecule has 0 unspecified atom stereocenters. The highest BCUT2D eigenvalue weighted by Crippen LogP contribution is 1.93. The van der Waals surface area contributed by atoms with Crippen LogP contribution in [0, 0.1) is 0 Å². The van der Waals surface area contributed by atoms with E-state index in [-0.39, 0.29) is 30.7 Å². The number of carbonyl (C=O) groups is 1. The number of carbonyl (C=O) groups excluding carboxylic acids is 1. The van der Waals surface area contributed by atoms with Crippen molar-refractivity contribution in [1.82, 2.24) is 10.4 Å². The Morgan fingerprint density at radius 1 is 1.33 bits per heavy atom. The van der Waals surface area contributed by atoms with Gasteiger partial charge in [0.25, 0.3) is 5.91 Å². The lowest BCUT2D eigenvalue weighted by Gasteiger charge is -1.95. The van der Waals surface area contributed by atoms with E-state index in [2.05, 4.69) is 4.98 Å². The molecule has 6 heteroatoms. The summed E-state index contributed by atoms with van der Waals surface area (Å²) in [5, 5.41) is 0. The van der Waals surface area contributed by atoms with Crippen LogP contribution in [0.1, 0.15) is 10.4 Å². The highest BCUT2D eigenvalue weighted by atomic mass is 35.5. The third-order valence-corrected chi connectivity index (χ3v) is 1.07. The molecule has 0 saturated carbocycles. The number of nitrogen functional groups attached to an aromatic ring is 1. The van der Waals surface area contributed by atoms with E-state index in [9.17, 15) is 4.79 Å². The number of rotatable bonds is 1. The molecular weight excluding hydrogens is 201 g/mol. The largest absolute Gasteiger partial charge is 0.290 e. The van der Waals surface area contributed by atoms with Crippen LogP contribution in [0.25, 0.3) is 0 Å². The first-order valence-electron chi connectivity index (χ1n) is 2.75. The van der Waals surface area contributed by atoms with Gasteiger partial charge in [0, 0.05) is 18.0 Å². The quantitative estimate of drug-likeness (QED) is 0.403. The van der Waals surface area contributed by atoms with Gasteiger partial charge >= 0.3 is 0 Å². The zero-order chi connectivity index (χ0) is 7.40. The summed E-state index contributed by atoms with van der Waals surface area (Å²) < 4.78 is 0. The highest BCUT2D eigenvalue weighted by Gasteiger charge is 1.98. The summed E-state index contributed by atoms with van der Waals surface area (Å²) >= 11 is 0. The molecule has 1 aromatic rings. The molecule has 0 bridgehead atoms. The van der Waals surface area contributed by atoms with Crippen LogP contribution in [0.4, 0.5) is 0 Å². The van der Waals surface area contributed by atoms with Gasteiger partial charge in [-0.05, 0) is 12.1 Å². The Hall–Kier alpha value is -0.840. The van der Waals surface area contributed by atoms with Crippen LogP contribution in [-0.4, -0.2) is 10.9 Å². The lowest BCUT2D eigenvalue weighted by molar-refractivity contribution is 0.0953. The summed E-state index contributed by atoms with van der Waals surface area (Å²) in [4.78, 5) is 14.5. The normalized spacial score (nSPS) is 7.42. The van der Waals surface area contributed by atoms with Gasteiger partial charge in [-0.1, -0.05) is 0 Å². The van der Waals surface area contributed by atoms with Crippen molar-refractivity contribution in [1.29, 1.82) is 0 Å². The van der Waals surface area contributed by atoms with E-state index < -0.39 is 0 Å². The molecule has 12 heavy (non-hydrogen) atoms. The number of hydrazine groups is 1. The maximum atomic E-state index is 10.7. The molecule has 0 aliphatic carbocycles. The molecule has 0 spiro atoms. The number of nitrogens with two attached hydrogens (primary N) is 1. The van der Waals surface area contributed by atoms with Gasteiger partial charge in [0.2, 0.25) is 0 Å². The molecule has 3 N–H and O–H groups in total. The monoisotopic (exact) mass is 209 g/mol. The fourth-order valence-corrected chi connectivity index (χ4v) is 0.587. The van der Waals surface area contributed by atoms with Crippen LogP contribution in [0.3, 0.4) is 0 Å². The van der Waals surface area contributed by atoms with Crippen LogP contribution < -0.4 is 11.3 Å². The Labute approximate surface area is 82.3 Å². The Morgan fingerprint density at radius 2 is 1.83 bits per heavy atom. The molecule has 1 heterocycles. The summed E-state index contributed by atoms with van der Waals surface area (Å²) in [6, 6.07) is 3.17. The van der Waals surface area contributed by atoms with E-state index in [0.717, 1.165) is 0 Å². The Bertz CT molecular complexity index is 229. The topological polar surface area (TPSA) is 68.0 Å². The van der Waals surface area contributed by atoms with Crippen LogP contribution in [0.15, 0.2) is 24.5 Å². The number of nitrogens with zero attached hydrogens (tertiary/aromatic N) is 1. The first-order valence-corrected chi connectivity index (χ1v) is 2.75. The predicted octanol–water partition coefficient (Wildman–Crippen LogP) is 0.529. The summed E-state index contributed by atoms with van der Waals surface area (Å²) in [6.45, 7) is 0. The van der Waals surface area contributed by atoms with Gasteiger partial charge in [-0.15, -0.1) is 24.8 Å². The fourth-order valence-electron chi connectivity index (χ4n) is 0.587. The van der Waals surface area contributed by atoms with E-state index in [1.165, 1.54) is 12.4 Å². The minimum Gasteiger partial charge on any atom is -0.290 e. The molecule has 0 aromatic carbocycles. The number of aromatic nitrogens is 1. The number of nitrogens with one attached hydrogen (secondary N) is 1. The fraction of sp³-hybridized carbons (Fsp3) is 0. The average molecular weight is 210 g/mol. The van der Waals surface area contributed by atoms with Crippen molar-refractivity contribution in [2.24, 2.45) is 5.84 Å². The van der Waals surface area contributed by atoms with Crippen molar-refractivity contribution in [3.05, 3.63) is 30.1 Å². The van der Waals surface area contributed by atoms with Crippen molar-refractivity contribution < 1.29 is 4.79 Å². The first-order chi connectivity index (χ1) is 4.84. The van der Waals surface area contributed by atoms with E-state index in [1.807, 2.05) is 5.43 Å². The minimum absolute atomic E-state index is 0. The second-order valence-electron chi connectivity index (χ2n) is 1.71. The highest BCUT2D eigenvalue weighted by molar-refractivity contribution is 5.93. The summed E-state index contributed by atoms with van der Waals surface area (Å²) in [5.74, 6) is 4.58. The number of hydrogen-bond donors (Lipinski definition) is 2. The lowest BCUT2D eigenvalue weighted by Crippen LogP contribution is -2.29. The number of pyridine rings is 1. The van der Waals surface area contributed by atoms with Gasteiger partial charge in [0.05, 0.1) is 0 Å². The second-order valence-corrected chi connectivity index (χ2v) is 1.71. The van der Waals surface area contributed by atoms with Crippen LogP contribution in [-0.2, 0) is 0 Å². The molecule has 4 nitrogen and oxygen atoms in total. The SMILES string of the molecule is Cl.Cl.NNC(=O)c1ccncc1. The maximum Gasteiger partial charge on any atom is 0.265 e. The third-order valence-electron chi connectivity index (χ3n) is 1.07. The smallest absolute Gasteiger partial charge is 0.265 e. The van der Waals surface area contributed by atoms with Crippen LogP contribution in [0.2, 0.25) is 0 Å². The lowest BCUT2D eigenvalue weighted by atomic mass is 10.3. The van der Waals surface area contributed by atoms with Gasteiger partial charge in [-0.2, -0.15) is 0 Å².